The molecular formula is C23H26N3O4+. The first kappa shape index (κ1) is 21.4. The average Bonchev–Trinajstić information content (AvgIpc) is 2.75. The van der Waals surface area contributed by atoms with Gasteiger partial charge in [0.15, 0.2) is 24.2 Å². The first-order chi connectivity index (χ1) is 14.4. The largest absolute Gasteiger partial charge is 0.351 e. The molecule has 3 rings (SSSR count). The molecule has 156 valence electrons. The molecule has 2 aromatic carbocycles. The molecule has 0 heterocycles. The van der Waals surface area contributed by atoms with Gasteiger partial charge in [-0.15, -0.1) is 0 Å². The van der Waals surface area contributed by atoms with Gasteiger partial charge < -0.3 is 15.5 Å². The van der Waals surface area contributed by atoms with Crippen LogP contribution in [0.25, 0.3) is 0 Å². The number of anilines is 1. The summed E-state index contributed by atoms with van der Waals surface area (Å²) in [5, 5.41) is 5.56. The van der Waals surface area contributed by atoms with Crippen molar-refractivity contribution in [3.05, 3.63) is 64.7 Å². The molecule has 2 amide bonds. The summed E-state index contributed by atoms with van der Waals surface area (Å²) in [6.07, 6.45) is 0. The second-order valence-electron chi connectivity index (χ2n) is 7.32. The number of benzene rings is 2. The highest BCUT2D eigenvalue weighted by Gasteiger charge is 2.30. The smallest absolute Gasteiger partial charge is 0.282 e. The molecule has 7 nitrogen and oxygen atoms in total. The van der Waals surface area contributed by atoms with Crippen LogP contribution in [0.5, 0.6) is 0 Å². The minimum atomic E-state index is -0.466. The molecule has 1 aliphatic rings. The molecule has 2 atom stereocenters. The van der Waals surface area contributed by atoms with Gasteiger partial charge in [-0.2, -0.15) is 0 Å². The van der Waals surface area contributed by atoms with Crippen molar-refractivity contribution in [3.63, 3.8) is 0 Å². The SMILES string of the molecule is CCNC(=O)C[NH+](CC)[C@H](C)C(=O)Nc1ccc2c(c1)C(=O)c1ccccc1C2=O. The van der Waals surface area contributed by atoms with Gasteiger partial charge >= 0.3 is 0 Å². The molecule has 0 bridgehead atoms. The predicted octanol–water partition coefficient (Wildman–Crippen LogP) is 0.830. The zero-order valence-corrected chi connectivity index (χ0v) is 17.4. The topological polar surface area (TPSA) is 96.8 Å². The van der Waals surface area contributed by atoms with Crippen LogP contribution < -0.4 is 15.5 Å². The summed E-state index contributed by atoms with van der Waals surface area (Å²) >= 11 is 0. The lowest BCUT2D eigenvalue weighted by Crippen LogP contribution is -3.17. The minimum absolute atomic E-state index is 0.106. The van der Waals surface area contributed by atoms with Gasteiger partial charge in [-0.05, 0) is 39.0 Å². The Morgan fingerprint density at radius 3 is 2.13 bits per heavy atom. The number of amides is 2. The number of fused-ring (bicyclic) bond motifs is 2. The lowest BCUT2D eigenvalue weighted by Gasteiger charge is -2.24. The van der Waals surface area contributed by atoms with Gasteiger partial charge in [0.05, 0.1) is 6.54 Å². The fraction of sp³-hybridized carbons (Fsp3) is 0.304. The number of nitrogens with one attached hydrogen (secondary N) is 3. The van der Waals surface area contributed by atoms with Crippen LogP contribution in [0.3, 0.4) is 0 Å². The van der Waals surface area contributed by atoms with Crippen LogP contribution >= 0.6 is 0 Å². The van der Waals surface area contributed by atoms with Gasteiger partial charge in [0, 0.05) is 34.5 Å². The van der Waals surface area contributed by atoms with Gasteiger partial charge in [-0.25, -0.2) is 0 Å². The number of carbonyl (C=O) groups is 4. The standard InChI is InChI=1S/C23H25N3O4/c1-4-24-20(27)13-26(5-2)14(3)23(30)25-15-10-11-18-19(12-15)22(29)17-9-7-6-8-16(17)21(18)28/h6-12,14H,4-5,13H2,1-3H3,(H,24,27)(H,25,30)/p+1/t14-/m1/s1. The molecule has 1 aliphatic carbocycles. The molecule has 0 saturated heterocycles. The lowest BCUT2D eigenvalue weighted by atomic mass is 9.84. The fourth-order valence-corrected chi connectivity index (χ4v) is 3.66. The van der Waals surface area contributed by atoms with Crippen molar-refractivity contribution in [1.82, 2.24) is 5.32 Å². The third-order valence-corrected chi connectivity index (χ3v) is 5.41. The maximum atomic E-state index is 12.8. The normalized spacial score (nSPS) is 14.4. The van der Waals surface area contributed by atoms with Gasteiger partial charge in [-0.1, -0.05) is 24.3 Å². The molecule has 0 spiro atoms. The number of likely N-dealkylation sites (N-methyl/N-ethyl adjacent to an activating group) is 2. The average molecular weight is 408 g/mol. The van der Waals surface area contributed by atoms with E-state index in [1.54, 1.807) is 49.4 Å². The van der Waals surface area contributed by atoms with E-state index < -0.39 is 6.04 Å². The van der Waals surface area contributed by atoms with E-state index in [9.17, 15) is 19.2 Å². The quantitative estimate of drug-likeness (QED) is 0.540. The first-order valence-corrected chi connectivity index (χ1v) is 10.1. The molecule has 1 unspecified atom stereocenters. The molecule has 0 fully saturated rings. The third kappa shape index (κ3) is 4.16. The number of rotatable bonds is 7. The summed E-state index contributed by atoms with van der Waals surface area (Å²) in [6, 6.07) is 11.0. The van der Waals surface area contributed by atoms with Gasteiger partial charge in [0.1, 0.15) is 0 Å². The summed E-state index contributed by atoms with van der Waals surface area (Å²) in [5.74, 6) is -0.798. The van der Waals surface area contributed by atoms with Crippen LogP contribution in [0.15, 0.2) is 42.5 Å². The Hall–Kier alpha value is -3.32. The van der Waals surface area contributed by atoms with Crippen LogP contribution in [-0.2, 0) is 9.59 Å². The fourth-order valence-electron chi connectivity index (χ4n) is 3.66. The van der Waals surface area contributed by atoms with E-state index in [1.807, 2.05) is 13.8 Å². The Bertz CT molecular complexity index is 1020. The monoisotopic (exact) mass is 408 g/mol. The van der Waals surface area contributed by atoms with Crippen LogP contribution in [0.4, 0.5) is 5.69 Å². The Kier molecular flexibility index (Phi) is 6.42. The molecule has 3 N–H and O–H groups in total. The maximum absolute atomic E-state index is 12.8. The summed E-state index contributed by atoms with van der Waals surface area (Å²) < 4.78 is 0. The lowest BCUT2D eigenvalue weighted by molar-refractivity contribution is -0.904. The Balaban J connectivity index is 1.78. The number of hydrogen-bond acceptors (Lipinski definition) is 4. The number of ketones is 2. The summed E-state index contributed by atoms with van der Waals surface area (Å²) in [7, 11) is 0. The van der Waals surface area contributed by atoms with E-state index >= 15 is 0 Å². The van der Waals surface area contributed by atoms with Crippen molar-refractivity contribution in [2.75, 3.05) is 25.0 Å². The van der Waals surface area contributed by atoms with Crippen LogP contribution in [0, 0.1) is 0 Å². The molecule has 0 aliphatic heterocycles. The van der Waals surface area contributed by atoms with E-state index in [0.29, 0.717) is 35.5 Å². The van der Waals surface area contributed by atoms with E-state index in [0.717, 1.165) is 4.90 Å². The van der Waals surface area contributed by atoms with E-state index in [2.05, 4.69) is 10.6 Å². The first-order valence-electron chi connectivity index (χ1n) is 10.1. The highest BCUT2D eigenvalue weighted by Crippen LogP contribution is 2.29. The van der Waals surface area contributed by atoms with E-state index in [4.69, 9.17) is 0 Å². The van der Waals surface area contributed by atoms with Crippen molar-refractivity contribution < 1.29 is 24.1 Å². The van der Waals surface area contributed by atoms with Crippen molar-refractivity contribution in [3.8, 4) is 0 Å². The second kappa shape index (κ2) is 9.00. The molecule has 0 saturated carbocycles. The van der Waals surface area contributed by atoms with Gasteiger partial charge in [0.2, 0.25) is 0 Å². The van der Waals surface area contributed by atoms with Crippen molar-refractivity contribution >= 4 is 29.1 Å². The summed E-state index contributed by atoms with van der Waals surface area (Å²) in [6.45, 7) is 6.88. The van der Waals surface area contributed by atoms with Crippen molar-refractivity contribution in [2.45, 2.75) is 26.8 Å². The highest BCUT2D eigenvalue weighted by atomic mass is 16.2. The molecule has 7 heteroatoms. The van der Waals surface area contributed by atoms with Crippen molar-refractivity contribution in [1.29, 1.82) is 0 Å². The zero-order chi connectivity index (χ0) is 21.8. The number of carbonyl (C=O) groups excluding carboxylic acids is 4. The Morgan fingerprint density at radius 2 is 1.53 bits per heavy atom. The number of hydrogen-bond donors (Lipinski definition) is 3. The molecule has 0 aromatic heterocycles. The van der Waals surface area contributed by atoms with E-state index in [1.165, 1.54) is 0 Å². The molecule has 30 heavy (non-hydrogen) atoms. The second-order valence-corrected chi connectivity index (χ2v) is 7.32. The number of quaternary nitrogens is 1. The Labute approximate surface area is 175 Å². The summed E-state index contributed by atoms with van der Waals surface area (Å²) in [4.78, 5) is 51.0. The molecular weight excluding hydrogens is 382 g/mol. The Morgan fingerprint density at radius 1 is 0.933 bits per heavy atom. The molecule has 2 aromatic rings. The minimum Gasteiger partial charge on any atom is -0.351 e. The summed E-state index contributed by atoms with van der Waals surface area (Å²) in [5.41, 5.74) is 1.83. The zero-order valence-electron chi connectivity index (χ0n) is 17.4. The third-order valence-electron chi connectivity index (χ3n) is 5.41. The van der Waals surface area contributed by atoms with Crippen LogP contribution in [-0.4, -0.2) is 49.1 Å². The van der Waals surface area contributed by atoms with Gasteiger partial charge in [-0.3, -0.25) is 19.2 Å². The van der Waals surface area contributed by atoms with Crippen LogP contribution in [0.2, 0.25) is 0 Å². The van der Waals surface area contributed by atoms with Gasteiger partial charge in [0.25, 0.3) is 11.8 Å². The maximum Gasteiger partial charge on any atom is 0.282 e. The van der Waals surface area contributed by atoms with Crippen molar-refractivity contribution in [2.24, 2.45) is 0 Å². The molecule has 0 radical (unpaired) electrons. The predicted molar refractivity (Wildman–Crippen MR) is 113 cm³/mol. The highest BCUT2D eigenvalue weighted by molar-refractivity contribution is 6.28. The van der Waals surface area contributed by atoms with E-state index in [-0.39, 0.29) is 35.5 Å². The van der Waals surface area contributed by atoms with Crippen LogP contribution in [0.1, 0.15) is 52.6 Å².